The average Bonchev–Trinajstić information content (AvgIpc) is 3.31. The number of hydrogen-bond acceptors (Lipinski definition) is 5. The summed E-state index contributed by atoms with van der Waals surface area (Å²) in [5.41, 5.74) is 2.49. The lowest BCUT2D eigenvalue weighted by Crippen LogP contribution is -2.25. The molecule has 0 aliphatic heterocycles. The molecule has 0 fully saturated rings. The molecule has 0 radical (unpaired) electrons. The SMILES string of the molecule is Cc1ccc2nc(N(/N=C/c3ccco3)C(=O)c3cccc(Br)c3)sc2c1. The van der Waals surface area contributed by atoms with Crippen LogP contribution >= 0.6 is 27.3 Å². The predicted molar refractivity (Wildman–Crippen MR) is 112 cm³/mol. The van der Waals surface area contributed by atoms with Gasteiger partial charge in [0.05, 0.1) is 22.7 Å². The number of hydrogen-bond donors (Lipinski definition) is 0. The Hall–Kier alpha value is -2.77. The zero-order chi connectivity index (χ0) is 18.8. The highest BCUT2D eigenvalue weighted by Gasteiger charge is 2.21. The van der Waals surface area contributed by atoms with Crippen molar-refractivity contribution in [1.29, 1.82) is 0 Å². The van der Waals surface area contributed by atoms with E-state index in [2.05, 4.69) is 32.1 Å². The number of hydrazone groups is 1. The van der Waals surface area contributed by atoms with Gasteiger partial charge in [0.2, 0.25) is 5.13 Å². The lowest BCUT2D eigenvalue weighted by atomic mass is 10.2. The zero-order valence-corrected chi connectivity index (χ0v) is 16.7. The number of aromatic nitrogens is 1. The highest BCUT2D eigenvalue weighted by Crippen LogP contribution is 2.31. The Labute approximate surface area is 168 Å². The van der Waals surface area contributed by atoms with Crippen molar-refractivity contribution in [2.75, 3.05) is 5.01 Å². The van der Waals surface area contributed by atoms with E-state index in [1.165, 1.54) is 22.6 Å². The van der Waals surface area contributed by atoms with Crippen molar-refractivity contribution in [3.05, 3.63) is 82.2 Å². The lowest BCUT2D eigenvalue weighted by Gasteiger charge is -2.13. The molecule has 4 rings (SSSR count). The number of halogens is 1. The largest absolute Gasteiger partial charge is 0.463 e. The number of aryl methyl sites for hydroxylation is 1. The number of carbonyl (C=O) groups is 1. The molecule has 0 spiro atoms. The van der Waals surface area contributed by atoms with Gasteiger partial charge >= 0.3 is 0 Å². The molecular formula is C20H14BrN3O2S. The Balaban J connectivity index is 1.77. The molecule has 5 nitrogen and oxygen atoms in total. The number of benzene rings is 2. The second kappa shape index (κ2) is 7.46. The molecule has 134 valence electrons. The van der Waals surface area contributed by atoms with Crippen LogP contribution in [0.2, 0.25) is 0 Å². The predicted octanol–water partition coefficient (Wildman–Crippen LogP) is 5.64. The minimum Gasteiger partial charge on any atom is -0.463 e. The van der Waals surface area contributed by atoms with Crippen molar-refractivity contribution in [2.24, 2.45) is 5.10 Å². The van der Waals surface area contributed by atoms with Crippen molar-refractivity contribution < 1.29 is 9.21 Å². The third kappa shape index (κ3) is 3.84. The summed E-state index contributed by atoms with van der Waals surface area (Å²) in [5.74, 6) is 0.286. The van der Waals surface area contributed by atoms with E-state index in [0.717, 1.165) is 20.3 Å². The van der Waals surface area contributed by atoms with Gasteiger partial charge in [-0.15, -0.1) is 0 Å². The van der Waals surface area contributed by atoms with Gasteiger partial charge in [0.1, 0.15) is 5.76 Å². The monoisotopic (exact) mass is 439 g/mol. The molecule has 0 atom stereocenters. The van der Waals surface area contributed by atoms with Gasteiger partial charge in [-0.1, -0.05) is 39.4 Å². The number of furan rings is 1. The van der Waals surface area contributed by atoms with E-state index in [1.54, 1.807) is 30.5 Å². The highest BCUT2D eigenvalue weighted by molar-refractivity contribution is 9.10. The zero-order valence-electron chi connectivity index (χ0n) is 14.3. The minimum absolute atomic E-state index is 0.269. The molecule has 0 unspecified atom stereocenters. The van der Waals surface area contributed by atoms with Crippen LogP contribution in [-0.2, 0) is 0 Å². The summed E-state index contributed by atoms with van der Waals surface area (Å²) in [6.07, 6.45) is 3.06. The molecule has 0 saturated heterocycles. The standard InChI is InChI=1S/C20H14BrN3O2S/c1-13-7-8-17-18(10-13)27-20(23-17)24(22-12-16-6-3-9-26-16)19(25)14-4-2-5-15(21)11-14/h2-12H,1H3/b22-12+. The first-order valence-electron chi connectivity index (χ1n) is 8.15. The third-order valence-corrected chi connectivity index (χ3v) is 5.31. The maximum absolute atomic E-state index is 13.1. The second-order valence-electron chi connectivity index (χ2n) is 5.85. The molecule has 0 N–H and O–H groups in total. The molecule has 2 aromatic heterocycles. The fourth-order valence-electron chi connectivity index (χ4n) is 2.52. The average molecular weight is 440 g/mol. The van der Waals surface area contributed by atoms with Gasteiger partial charge in [-0.25, -0.2) is 4.98 Å². The number of carbonyl (C=O) groups excluding carboxylic acids is 1. The van der Waals surface area contributed by atoms with Gasteiger partial charge in [0.25, 0.3) is 5.91 Å². The Morgan fingerprint density at radius 3 is 2.89 bits per heavy atom. The number of thiazole rings is 1. The third-order valence-electron chi connectivity index (χ3n) is 3.82. The normalized spacial score (nSPS) is 11.3. The van der Waals surface area contributed by atoms with Crippen LogP contribution in [-0.4, -0.2) is 17.1 Å². The van der Waals surface area contributed by atoms with Crippen molar-refractivity contribution in [3.63, 3.8) is 0 Å². The smallest absolute Gasteiger partial charge is 0.280 e. The summed E-state index contributed by atoms with van der Waals surface area (Å²) in [6, 6.07) is 16.7. The molecular weight excluding hydrogens is 426 g/mol. The van der Waals surface area contributed by atoms with E-state index in [4.69, 9.17) is 4.42 Å². The topological polar surface area (TPSA) is 58.7 Å². The van der Waals surface area contributed by atoms with Crippen LogP contribution in [0.15, 0.2) is 74.9 Å². The molecule has 7 heteroatoms. The Morgan fingerprint density at radius 1 is 1.22 bits per heavy atom. The number of amides is 1. The van der Waals surface area contributed by atoms with Crippen molar-refractivity contribution in [2.45, 2.75) is 6.92 Å². The van der Waals surface area contributed by atoms with Crippen LogP contribution in [0.1, 0.15) is 21.7 Å². The number of rotatable bonds is 4. The van der Waals surface area contributed by atoms with E-state index >= 15 is 0 Å². The van der Waals surface area contributed by atoms with Crippen LogP contribution in [0.4, 0.5) is 5.13 Å². The summed E-state index contributed by atoms with van der Waals surface area (Å²) in [5, 5.41) is 6.17. The Bertz CT molecular complexity index is 1140. The Kier molecular flexibility index (Phi) is 4.87. The summed E-state index contributed by atoms with van der Waals surface area (Å²) in [4.78, 5) is 17.7. The van der Waals surface area contributed by atoms with Crippen molar-refractivity contribution in [3.8, 4) is 0 Å². The first-order valence-corrected chi connectivity index (χ1v) is 9.76. The van der Waals surface area contributed by atoms with Crippen LogP contribution < -0.4 is 5.01 Å². The molecule has 27 heavy (non-hydrogen) atoms. The summed E-state index contributed by atoms with van der Waals surface area (Å²) in [6.45, 7) is 2.03. The van der Waals surface area contributed by atoms with E-state index in [1.807, 2.05) is 31.2 Å². The maximum Gasteiger partial charge on any atom is 0.280 e. The molecule has 2 heterocycles. The number of fused-ring (bicyclic) bond motifs is 1. The maximum atomic E-state index is 13.1. The molecule has 4 aromatic rings. The van der Waals surface area contributed by atoms with Gasteiger partial charge in [0.15, 0.2) is 0 Å². The molecule has 0 saturated carbocycles. The minimum atomic E-state index is -0.269. The van der Waals surface area contributed by atoms with Crippen molar-refractivity contribution in [1.82, 2.24) is 4.98 Å². The first-order chi connectivity index (χ1) is 13.1. The first kappa shape index (κ1) is 17.6. The summed E-state index contributed by atoms with van der Waals surface area (Å²) in [7, 11) is 0. The molecule has 1 amide bonds. The molecule has 0 aliphatic rings. The van der Waals surface area contributed by atoms with E-state index < -0.39 is 0 Å². The summed E-state index contributed by atoms with van der Waals surface area (Å²) >= 11 is 4.83. The molecule has 0 bridgehead atoms. The fraction of sp³-hybridized carbons (Fsp3) is 0.0500. The van der Waals surface area contributed by atoms with Crippen LogP contribution in [0.5, 0.6) is 0 Å². The van der Waals surface area contributed by atoms with Gasteiger partial charge < -0.3 is 4.42 Å². The van der Waals surface area contributed by atoms with Gasteiger partial charge in [-0.05, 0) is 55.0 Å². The fourth-order valence-corrected chi connectivity index (χ4v) is 3.94. The summed E-state index contributed by atoms with van der Waals surface area (Å²) < 4.78 is 7.11. The lowest BCUT2D eigenvalue weighted by molar-refractivity contribution is 0.0988. The van der Waals surface area contributed by atoms with Crippen molar-refractivity contribution >= 4 is 54.7 Å². The van der Waals surface area contributed by atoms with Gasteiger partial charge in [-0.3, -0.25) is 4.79 Å². The Morgan fingerprint density at radius 2 is 2.11 bits per heavy atom. The van der Waals surface area contributed by atoms with Gasteiger partial charge in [0, 0.05) is 10.0 Å². The van der Waals surface area contributed by atoms with Crippen LogP contribution in [0.25, 0.3) is 10.2 Å². The van der Waals surface area contributed by atoms with E-state index in [0.29, 0.717) is 16.5 Å². The highest BCUT2D eigenvalue weighted by atomic mass is 79.9. The van der Waals surface area contributed by atoms with E-state index in [-0.39, 0.29) is 5.91 Å². The number of anilines is 1. The molecule has 0 aliphatic carbocycles. The van der Waals surface area contributed by atoms with Crippen LogP contribution in [0.3, 0.4) is 0 Å². The molecule has 2 aromatic carbocycles. The van der Waals surface area contributed by atoms with E-state index in [9.17, 15) is 4.79 Å². The number of nitrogens with zero attached hydrogens (tertiary/aromatic N) is 3. The quantitative estimate of drug-likeness (QED) is 0.305. The van der Waals surface area contributed by atoms with Gasteiger partial charge in [-0.2, -0.15) is 10.1 Å². The van der Waals surface area contributed by atoms with Crippen LogP contribution in [0, 0.1) is 6.92 Å². The second-order valence-corrected chi connectivity index (χ2v) is 7.78.